The standard InChI is InChI=1S/C24H15Cl3N4O5/c25-16-4-6-17(7-5-16)29-22(32)13-36-23-20(26)9-14(10-21(23)27)8-15(12-28)24(33)30-18-2-1-3-19(11-18)31(34)35/h1-11H,13H2,(H,29,32)(H,30,33)/b15-8+. The second kappa shape index (κ2) is 12.0. The molecule has 0 saturated carbocycles. The number of carbonyl (C=O) groups is 2. The summed E-state index contributed by atoms with van der Waals surface area (Å²) >= 11 is 18.3. The van der Waals surface area contributed by atoms with Crippen molar-refractivity contribution in [3.63, 3.8) is 0 Å². The number of halogens is 3. The van der Waals surface area contributed by atoms with Crippen LogP contribution in [0.15, 0.2) is 66.2 Å². The number of nitro groups is 1. The molecule has 0 spiro atoms. The lowest BCUT2D eigenvalue weighted by Gasteiger charge is -2.11. The highest BCUT2D eigenvalue weighted by Gasteiger charge is 2.15. The van der Waals surface area contributed by atoms with E-state index in [1.165, 1.54) is 36.4 Å². The maximum atomic E-state index is 12.5. The summed E-state index contributed by atoms with van der Waals surface area (Å²) in [5.74, 6) is -1.20. The van der Waals surface area contributed by atoms with Crippen molar-refractivity contribution in [2.75, 3.05) is 17.2 Å². The molecule has 0 atom stereocenters. The zero-order valence-corrected chi connectivity index (χ0v) is 20.4. The van der Waals surface area contributed by atoms with E-state index in [4.69, 9.17) is 39.5 Å². The van der Waals surface area contributed by atoms with Gasteiger partial charge in [-0.25, -0.2) is 0 Å². The van der Waals surface area contributed by atoms with Crippen LogP contribution in [0.25, 0.3) is 6.08 Å². The van der Waals surface area contributed by atoms with Gasteiger partial charge in [0.15, 0.2) is 12.4 Å². The van der Waals surface area contributed by atoms with Gasteiger partial charge in [-0.15, -0.1) is 0 Å². The first-order valence-corrected chi connectivity index (χ1v) is 11.1. The molecule has 3 rings (SSSR count). The van der Waals surface area contributed by atoms with E-state index in [9.17, 15) is 25.0 Å². The smallest absolute Gasteiger partial charge is 0.271 e. The molecule has 0 aliphatic heterocycles. The summed E-state index contributed by atoms with van der Waals surface area (Å²) in [4.78, 5) is 34.9. The number of carbonyl (C=O) groups excluding carboxylic acids is 2. The largest absolute Gasteiger partial charge is 0.481 e. The van der Waals surface area contributed by atoms with E-state index in [2.05, 4.69) is 10.6 Å². The Morgan fingerprint density at radius 3 is 2.28 bits per heavy atom. The number of anilines is 2. The maximum absolute atomic E-state index is 12.5. The molecule has 0 aromatic heterocycles. The molecule has 0 radical (unpaired) electrons. The minimum atomic E-state index is -0.788. The lowest BCUT2D eigenvalue weighted by molar-refractivity contribution is -0.384. The van der Waals surface area contributed by atoms with Crippen molar-refractivity contribution < 1.29 is 19.2 Å². The SMILES string of the molecule is N#C/C(=C\c1cc(Cl)c(OCC(=O)Nc2ccc(Cl)cc2)c(Cl)c1)C(=O)Nc1cccc([N+](=O)[O-])c1. The summed E-state index contributed by atoms with van der Waals surface area (Å²) in [6, 6.07) is 16.3. The summed E-state index contributed by atoms with van der Waals surface area (Å²) in [5, 5.41) is 26.0. The average Bonchev–Trinajstić information content (AvgIpc) is 2.83. The quantitative estimate of drug-likeness (QED) is 0.152. The first kappa shape index (κ1) is 26.5. The van der Waals surface area contributed by atoms with Crippen molar-refractivity contribution in [1.82, 2.24) is 0 Å². The minimum absolute atomic E-state index is 0.0429. The summed E-state index contributed by atoms with van der Waals surface area (Å²) < 4.78 is 5.45. The molecule has 36 heavy (non-hydrogen) atoms. The zero-order chi connectivity index (χ0) is 26.2. The first-order chi connectivity index (χ1) is 17.2. The average molecular weight is 546 g/mol. The number of nitrogens with one attached hydrogen (secondary N) is 2. The Morgan fingerprint density at radius 1 is 1.00 bits per heavy atom. The van der Waals surface area contributed by atoms with E-state index in [1.54, 1.807) is 30.3 Å². The number of benzene rings is 3. The summed E-state index contributed by atoms with van der Waals surface area (Å²) in [6.45, 7) is -0.383. The van der Waals surface area contributed by atoms with Crippen LogP contribution in [0, 0.1) is 21.4 Å². The van der Waals surface area contributed by atoms with Gasteiger partial charge in [-0.3, -0.25) is 19.7 Å². The monoisotopic (exact) mass is 544 g/mol. The molecular weight excluding hydrogens is 531 g/mol. The molecule has 0 unspecified atom stereocenters. The highest BCUT2D eigenvalue weighted by molar-refractivity contribution is 6.37. The van der Waals surface area contributed by atoms with Crippen LogP contribution in [0.2, 0.25) is 15.1 Å². The second-order valence-electron chi connectivity index (χ2n) is 7.09. The number of non-ortho nitro benzene ring substituents is 1. The second-order valence-corrected chi connectivity index (χ2v) is 8.34. The summed E-state index contributed by atoms with van der Waals surface area (Å²) in [7, 11) is 0. The van der Waals surface area contributed by atoms with Gasteiger partial charge in [0.2, 0.25) is 0 Å². The van der Waals surface area contributed by atoms with E-state index in [0.717, 1.165) is 6.07 Å². The minimum Gasteiger partial charge on any atom is -0.481 e. The van der Waals surface area contributed by atoms with Gasteiger partial charge in [-0.2, -0.15) is 5.26 Å². The van der Waals surface area contributed by atoms with Gasteiger partial charge in [-0.05, 0) is 54.1 Å². The number of nitro benzene ring substituents is 1. The molecular formula is C24H15Cl3N4O5. The molecule has 2 N–H and O–H groups in total. The van der Waals surface area contributed by atoms with E-state index in [-0.39, 0.29) is 39.3 Å². The molecule has 0 aliphatic rings. The van der Waals surface area contributed by atoms with Gasteiger partial charge >= 0.3 is 0 Å². The number of ether oxygens (including phenoxy) is 1. The molecule has 3 aromatic carbocycles. The van der Waals surface area contributed by atoms with Crippen molar-refractivity contribution in [1.29, 1.82) is 5.26 Å². The van der Waals surface area contributed by atoms with Crippen molar-refractivity contribution in [3.05, 3.63) is 97.0 Å². The van der Waals surface area contributed by atoms with E-state index >= 15 is 0 Å². The Bertz CT molecular complexity index is 1380. The Labute approximate surface area is 220 Å². The fourth-order valence-corrected chi connectivity index (χ4v) is 3.62. The maximum Gasteiger partial charge on any atom is 0.271 e. The Hall–Kier alpha value is -4.10. The van der Waals surface area contributed by atoms with Crippen LogP contribution in [0.5, 0.6) is 5.75 Å². The van der Waals surface area contributed by atoms with Gasteiger partial charge in [0.1, 0.15) is 11.6 Å². The van der Waals surface area contributed by atoms with Crippen LogP contribution in [0.3, 0.4) is 0 Å². The third kappa shape index (κ3) is 7.20. The van der Waals surface area contributed by atoms with Crippen LogP contribution in [0.1, 0.15) is 5.56 Å². The van der Waals surface area contributed by atoms with Crippen LogP contribution in [-0.2, 0) is 9.59 Å². The Balaban J connectivity index is 1.70. The van der Waals surface area contributed by atoms with E-state index in [1.807, 2.05) is 0 Å². The van der Waals surface area contributed by atoms with Gasteiger partial charge in [0.25, 0.3) is 17.5 Å². The van der Waals surface area contributed by atoms with E-state index < -0.39 is 16.7 Å². The van der Waals surface area contributed by atoms with Crippen molar-refractivity contribution >= 4 is 69.8 Å². The molecule has 0 bridgehead atoms. The normalized spacial score (nSPS) is 10.8. The first-order valence-electron chi connectivity index (χ1n) is 10.0. The van der Waals surface area contributed by atoms with Gasteiger partial charge in [0, 0.05) is 28.5 Å². The molecule has 12 heteroatoms. The number of nitrogens with zero attached hydrogens (tertiary/aromatic N) is 2. The van der Waals surface area contributed by atoms with Gasteiger partial charge in [-0.1, -0.05) is 40.9 Å². The fraction of sp³-hybridized carbons (Fsp3) is 0.0417. The van der Waals surface area contributed by atoms with Crippen LogP contribution in [0.4, 0.5) is 17.1 Å². The van der Waals surface area contributed by atoms with Gasteiger partial charge in [0.05, 0.1) is 15.0 Å². The number of rotatable bonds is 8. The van der Waals surface area contributed by atoms with E-state index in [0.29, 0.717) is 16.3 Å². The van der Waals surface area contributed by atoms with Crippen molar-refractivity contribution in [3.8, 4) is 11.8 Å². The highest BCUT2D eigenvalue weighted by atomic mass is 35.5. The molecule has 0 heterocycles. The third-order valence-electron chi connectivity index (χ3n) is 4.49. The lowest BCUT2D eigenvalue weighted by Crippen LogP contribution is -2.20. The van der Waals surface area contributed by atoms with Crippen molar-refractivity contribution in [2.24, 2.45) is 0 Å². The topological polar surface area (TPSA) is 134 Å². The molecule has 182 valence electrons. The van der Waals surface area contributed by atoms with Crippen LogP contribution in [-0.4, -0.2) is 23.3 Å². The molecule has 0 aliphatic carbocycles. The van der Waals surface area contributed by atoms with Crippen LogP contribution < -0.4 is 15.4 Å². The molecule has 0 fully saturated rings. The predicted molar refractivity (Wildman–Crippen MR) is 137 cm³/mol. The van der Waals surface area contributed by atoms with Gasteiger partial charge < -0.3 is 15.4 Å². The molecule has 2 amide bonds. The molecule has 0 saturated heterocycles. The Morgan fingerprint density at radius 2 is 1.67 bits per heavy atom. The number of amides is 2. The highest BCUT2D eigenvalue weighted by Crippen LogP contribution is 2.35. The lowest BCUT2D eigenvalue weighted by atomic mass is 10.1. The molecule has 3 aromatic rings. The number of hydrogen-bond acceptors (Lipinski definition) is 6. The van der Waals surface area contributed by atoms with Crippen molar-refractivity contribution in [2.45, 2.75) is 0 Å². The Kier molecular flexibility index (Phi) is 8.86. The summed E-state index contributed by atoms with van der Waals surface area (Å²) in [5.41, 5.74) is 0.467. The number of nitriles is 1. The molecule has 9 nitrogen and oxygen atoms in total. The number of hydrogen-bond donors (Lipinski definition) is 2. The fourth-order valence-electron chi connectivity index (χ4n) is 2.88. The third-order valence-corrected chi connectivity index (χ3v) is 5.30. The van der Waals surface area contributed by atoms with Crippen LogP contribution >= 0.6 is 34.8 Å². The zero-order valence-electron chi connectivity index (χ0n) is 18.1. The predicted octanol–water partition coefficient (Wildman–Crippen LogP) is 6.12. The summed E-state index contributed by atoms with van der Waals surface area (Å²) in [6.07, 6.45) is 1.24.